The second-order valence-corrected chi connectivity index (χ2v) is 5.76. The number of anilines is 1. The third-order valence-electron chi connectivity index (χ3n) is 3.24. The van der Waals surface area contributed by atoms with Crippen molar-refractivity contribution in [1.82, 2.24) is 14.9 Å². The van der Waals surface area contributed by atoms with Gasteiger partial charge in [-0.3, -0.25) is 4.79 Å². The molecule has 0 aromatic carbocycles. The highest BCUT2D eigenvalue weighted by atomic mass is 16.3. The summed E-state index contributed by atoms with van der Waals surface area (Å²) in [5, 5.41) is 10.2. The first-order chi connectivity index (χ1) is 9.83. The van der Waals surface area contributed by atoms with E-state index in [9.17, 15) is 0 Å². The molecule has 1 unspecified atom stereocenters. The highest BCUT2D eigenvalue weighted by Gasteiger charge is 2.15. The Morgan fingerprint density at radius 3 is 2.05 bits per heavy atom. The minimum absolute atomic E-state index is 0.250. The van der Waals surface area contributed by atoms with Gasteiger partial charge in [-0.25, -0.2) is 9.97 Å². The first-order valence-corrected chi connectivity index (χ1v) is 7.13. The number of hydrogen-bond donors (Lipinski definition) is 2. The molecule has 1 aromatic rings. The highest BCUT2D eigenvalue weighted by molar-refractivity contribution is 5.32. The molecule has 6 heteroatoms. The van der Waals surface area contributed by atoms with E-state index < -0.39 is 0 Å². The van der Waals surface area contributed by atoms with Crippen molar-refractivity contribution in [2.45, 2.75) is 39.7 Å². The van der Waals surface area contributed by atoms with Gasteiger partial charge >= 0.3 is 0 Å². The predicted molar refractivity (Wildman–Crippen MR) is 85.6 cm³/mol. The smallest absolute Gasteiger partial charge is 0.290 e. The van der Waals surface area contributed by atoms with Crippen molar-refractivity contribution in [3.8, 4) is 0 Å². The molecule has 6 nitrogen and oxygen atoms in total. The van der Waals surface area contributed by atoms with Crippen LogP contribution in [0.2, 0.25) is 0 Å². The van der Waals surface area contributed by atoms with Crippen molar-refractivity contribution in [3.63, 3.8) is 0 Å². The maximum atomic E-state index is 8.36. The van der Waals surface area contributed by atoms with Gasteiger partial charge in [-0.2, -0.15) is 0 Å². The molecule has 1 aromatic heterocycles. The summed E-state index contributed by atoms with van der Waals surface area (Å²) in [7, 11) is 4.21. The Balaban J connectivity index is 0.00000122. The summed E-state index contributed by atoms with van der Waals surface area (Å²) in [6.45, 7) is 9.37. The van der Waals surface area contributed by atoms with Gasteiger partial charge in [0.05, 0.1) is 0 Å². The number of hydrogen-bond acceptors (Lipinski definition) is 5. The standard InChI is InChI=1S/C14H26N4.CH2O2/c1-10(2)12-7-15-14(16-8-12)17-9-13(11(3)4)18(5)6;2-1-3/h7-8,10-11,13H,9H2,1-6H3,(H,15,16,17);1H,(H,2,3). The number of nitrogens with one attached hydrogen (secondary N) is 1. The van der Waals surface area contributed by atoms with Crippen molar-refractivity contribution in [2.75, 3.05) is 26.0 Å². The third kappa shape index (κ3) is 7.60. The molecule has 0 aliphatic rings. The van der Waals surface area contributed by atoms with Crippen molar-refractivity contribution in [2.24, 2.45) is 5.92 Å². The largest absolute Gasteiger partial charge is 0.483 e. The zero-order valence-corrected chi connectivity index (χ0v) is 13.9. The van der Waals surface area contributed by atoms with E-state index in [0.29, 0.717) is 23.8 Å². The van der Waals surface area contributed by atoms with Gasteiger partial charge in [0.15, 0.2) is 0 Å². The molecule has 0 bridgehead atoms. The zero-order valence-electron chi connectivity index (χ0n) is 13.9. The van der Waals surface area contributed by atoms with Crippen LogP contribution in [0.5, 0.6) is 0 Å². The van der Waals surface area contributed by atoms with E-state index >= 15 is 0 Å². The number of carboxylic acid groups (broad SMARTS) is 1. The fourth-order valence-electron chi connectivity index (χ4n) is 1.94. The van der Waals surface area contributed by atoms with Gasteiger partial charge in [0, 0.05) is 25.0 Å². The summed E-state index contributed by atoms with van der Waals surface area (Å²) in [5.74, 6) is 1.79. The Morgan fingerprint density at radius 1 is 1.24 bits per heavy atom. The molecule has 1 rings (SSSR count). The second-order valence-electron chi connectivity index (χ2n) is 5.76. The molecule has 2 N–H and O–H groups in total. The van der Waals surface area contributed by atoms with E-state index in [1.165, 1.54) is 5.56 Å². The SMILES string of the molecule is CC(C)c1cnc(NCC(C(C)C)N(C)C)nc1.O=CO. The maximum absolute atomic E-state index is 8.36. The Labute approximate surface area is 127 Å². The summed E-state index contributed by atoms with van der Waals surface area (Å²) < 4.78 is 0. The molecular weight excluding hydrogens is 268 g/mol. The van der Waals surface area contributed by atoms with E-state index in [0.717, 1.165) is 6.54 Å². The quantitative estimate of drug-likeness (QED) is 0.784. The average molecular weight is 296 g/mol. The fourth-order valence-corrected chi connectivity index (χ4v) is 1.94. The molecule has 120 valence electrons. The minimum Gasteiger partial charge on any atom is -0.483 e. The van der Waals surface area contributed by atoms with Gasteiger partial charge in [0.1, 0.15) is 0 Å². The highest BCUT2D eigenvalue weighted by Crippen LogP contribution is 2.13. The monoisotopic (exact) mass is 296 g/mol. The van der Waals surface area contributed by atoms with Crippen molar-refractivity contribution < 1.29 is 9.90 Å². The van der Waals surface area contributed by atoms with Gasteiger partial charge < -0.3 is 15.3 Å². The normalized spacial score (nSPS) is 12.0. The number of rotatable bonds is 6. The number of likely N-dealkylation sites (N-methyl/N-ethyl adjacent to an activating group) is 1. The van der Waals surface area contributed by atoms with E-state index in [4.69, 9.17) is 9.90 Å². The summed E-state index contributed by atoms with van der Waals surface area (Å²) in [4.78, 5) is 19.3. The Kier molecular flexibility index (Phi) is 9.28. The molecule has 0 saturated carbocycles. The summed E-state index contributed by atoms with van der Waals surface area (Å²) in [6.07, 6.45) is 3.81. The lowest BCUT2D eigenvalue weighted by Crippen LogP contribution is -2.38. The molecule has 0 fully saturated rings. The molecule has 1 atom stereocenters. The van der Waals surface area contributed by atoms with E-state index in [1.807, 2.05) is 12.4 Å². The first kappa shape index (κ1) is 19.3. The first-order valence-electron chi connectivity index (χ1n) is 7.13. The Bertz CT molecular complexity index is 383. The number of aromatic nitrogens is 2. The summed E-state index contributed by atoms with van der Waals surface area (Å²) in [6, 6.07) is 0.485. The van der Waals surface area contributed by atoms with Gasteiger partial charge in [0.25, 0.3) is 6.47 Å². The van der Waals surface area contributed by atoms with E-state index in [2.05, 4.69) is 62.0 Å². The van der Waals surface area contributed by atoms with Gasteiger partial charge in [-0.15, -0.1) is 0 Å². The van der Waals surface area contributed by atoms with Gasteiger partial charge in [-0.1, -0.05) is 27.7 Å². The molecule has 0 aliphatic carbocycles. The average Bonchev–Trinajstić information content (AvgIpc) is 2.39. The minimum atomic E-state index is -0.250. The van der Waals surface area contributed by atoms with Crippen LogP contribution in [0.4, 0.5) is 5.95 Å². The van der Waals surface area contributed by atoms with Crippen LogP contribution < -0.4 is 5.32 Å². The second kappa shape index (κ2) is 10.1. The van der Waals surface area contributed by atoms with Crippen LogP contribution in [0.15, 0.2) is 12.4 Å². The van der Waals surface area contributed by atoms with Gasteiger partial charge in [-0.05, 0) is 31.5 Å². The topological polar surface area (TPSA) is 78.4 Å². The Hall–Kier alpha value is -1.69. The molecule has 0 spiro atoms. The zero-order chi connectivity index (χ0) is 16.4. The Morgan fingerprint density at radius 2 is 1.71 bits per heavy atom. The van der Waals surface area contributed by atoms with Crippen LogP contribution >= 0.6 is 0 Å². The molecule has 21 heavy (non-hydrogen) atoms. The van der Waals surface area contributed by atoms with Crippen molar-refractivity contribution >= 4 is 12.4 Å². The van der Waals surface area contributed by atoms with Crippen LogP contribution in [0.1, 0.15) is 39.2 Å². The molecule has 0 saturated heterocycles. The van der Waals surface area contributed by atoms with Crippen LogP contribution in [0.3, 0.4) is 0 Å². The predicted octanol–water partition coefficient (Wildman–Crippen LogP) is 2.30. The van der Waals surface area contributed by atoms with Crippen molar-refractivity contribution in [1.29, 1.82) is 0 Å². The third-order valence-corrected chi connectivity index (χ3v) is 3.24. The molecule has 0 radical (unpaired) electrons. The van der Waals surface area contributed by atoms with Crippen LogP contribution in [0.25, 0.3) is 0 Å². The molecular formula is C15H28N4O2. The van der Waals surface area contributed by atoms with Crippen molar-refractivity contribution in [3.05, 3.63) is 18.0 Å². The van der Waals surface area contributed by atoms with Crippen LogP contribution in [0, 0.1) is 5.92 Å². The van der Waals surface area contributed by atoms with Crippen LogP contribution in [-0.4, -0.2) is 53.1 Å². The number of carbonyl (C=O) groups is 1. The fraction of sp³-hybridized carbons (Fsp3) is 0.667. The van der Waals surface area contributed by atoms with Gasteiger partial charge in [0.2, 0.25) is 5.95 Å². The van der Waals surface area contributed by atoms with E-state index in [-0.39, 0.29) is 6.47 Å². The number of nitrogens with zero attached hydrogens (tertiary/aromatic N) is 3. The summed E-state index contributed by atoms with van der Waals surface area (Å²) in [5.41, 5.74) is 1.17. The molecule has 0 aliphatic heterocycles. The molecule has 1 heterocycles. The van der Waals surface area contributed by atoms with Crippen LogP contribution in [-0.2, 0) is 4.79 Å². The lowest BCUT2D eigenvalue weighted by Gasteiger charge is -2.28. The molecule has 0 amide bonds. The maximum Gasteiger partial charge on any atom is 0.290 e. The lowest BCUT2D eigenvalue weighted by atomic mass is 10.0. The van der Waals surface area contributed by atoms with E-state index in [1.54, 1.807) is 0 Å². The summed E-state index contributed by atoms with van der Waals surface area (Å²) >= 11 is 0. The lowest BCUT2D eigenvalue weighted by molar-refractivity contribution is -0.122.